The molecule has 1 heterocycles. The first-order chi connectivity index (χ1) is 15.0. The van der Waals surface area contributed by atoms with Gasteiger partial charge in [0.05, 0.1) is 18.2 Å². The molecule has 8 heteroatoms. The number of carbonyl (C=O) groups is 3. The lowest BCUT2D eigenvalue weighted by molar-refractivity contribution is -0.132. The van der Waals surface area contributed by atoms with Crippen LogP contribution in [0.25, 0.3) is 0 Å². The van der Waals surface area contributed by atoms with E-state index in [0.29, 0.717) is 23.8 Å². The van der Waals surface area contributed by atoms with Crippen LogP contribution in [0.5, 0.6) is 11.5 Å². The molecule has 1 saturated heterocycles. The number of para-hydroxylation sites is 2. The quantitative estimate of drug-likeness (QED) is 0.632. The van der Waals surface area contributed by atoms with Gasteiger partial charge in [-0.25, -0.2) is 0 Å². The van der Waals surface area contributed by atoms with Crippen molar-refractivity contribution in [2.75, 3.05) is 24.7 Å². The minimum atomic E-state index is -0.579. The number of carbonyl (C=O) groups excluding carboxylic acids is 3. The smallest absolute Gasteiger partial charge is 0.276 e. The highest BCUT2D eigenvalue weighted by Gasteiger charge is 2.36. The topological polar surface area (TPSA) is 97.0 Å². The summed E-state index contributed by atoms with van der Waals surface area (Å²) in [6.07, 6.45) is 0.980. The summed E-state index contributed by atoms with van der Waals surface area (Å²) in [6.45, 7) is 4.38. The Morgan fingerprint density at radius 2 is 1.77 bits per heavy atom. The Kier molecular flexibility index (Phi) is 7.48. The Balaban J connectivity index is 1.48. The highest BCUT2D eigenvalue weighted by molar-refractivity contribution is 6.01. The number of nitrogens with one attached hydrogen (secondary N) is 2. The Morgan fingerprint density at radius 3 is 2.48 bits per heavy atom. The number of ether oxygens (including phenoxy) is 2. The number of hydrazine groups is 1. The molecule has 8 nitrogen and oxygen atoms in total. The van der Waals surface area contributed by atoms with Crippen molar-refractivity contribution in [3.8, 4) is 11.5 Å². The molecule has 0 aliphatic carbocycles. The predicted octanol–water partition coefficient (Wildman–Crippen LogP) is 2.23. The van der Waals surface area contributed by atoms with Crippen LogP contribution in [-0.2, 0) is 20.8 Å². The fourth-order valence-corrected chi connectivity index (χ4v) is 3.31. The van der Waals surface area contributed by atoms with Gasteiger partial charge in [0.25, 0.3) is 5.91 Å². The van der Waals surface area contributed by atoms with Crippen molar-refractivity contribution < 1.29 is 23.9 Å². The van der Waals surface area contributed by atoms with Gasteiger partial charge in [-0.3, -0.25) is 25.2 Å². The Labute approximate surface area is 181 Å². The van der Waals surface area contributed by atoms with Crippen molar-refractivity contribution in [2.45, 2.75) is 26.7 Å². The summed E-state index contributed by atoms with van der Waals surface area (Å²) in [7, 11) is 0. The molecule has 2 aromatic rings. The molecular weight excluding hydrogens is 398 g/mol. The van der Waals surface area contributed by atoms with E-state index in [1.165, 1.54) is 5.56 Å². The van der Waals surface area contributed by atoms with E-state index in [4.69, 9.17) is 9.47 Å². The maximum atomic E-state index is 12.5. The zero-order valence-electron chi connectivity index (χ0n) is 17.7. The van der Waals surface area contributed by atoms with Gasteiger partial charge in [-0.2, -0.15) is 0 Å². The van der Waals surface area contributed by atoms with E-state index < -0.39 is 17.7 Å². The minimum absolute atomic E-state index is 0.0580. The molecule has 0 bridgehead atoms. The van der Waals surface area contributed by atoms with E-state index in [0.717, 1.165) is 6.42 Å². The number of hydrogen-bond donors (Lipinski definition) is 2. The zero-order valence-corrected chi connectivity index (χ0v) is 17.7. The van der Waals surface area contributed by atoms with Crippen LogP contribution >= 0.6 is 0 Å². The summed E-state index contributed by atoms with van der Waals surface area (Å²) in [5, 5.41) is 0. The molecule has 0 aromatic heterocycles. The zero-order chi connectivity index (χ0) is 22.2. The van der Waals surface area contributed by atoms with Gasteiger partial charge in [0, 0.05) is 13.0 Å². The van der Waals surface area contributed by atoms with Crippen LogP contribution in [0.3, 0.4) is 0 Å². The van der Waals surface area contributed by atoms with Gasteiger partial charge in [-0.1, -0.05) is 31.2 Å². The summed E-state index contributed by atoms with van der Waals surface area (Å²) < 4.78 is 11.0. The second kappa shape index (κ2) is 10.5. The number of aryl methyl sites for hydroxylation is 1. The lowest BCUT2D eigenvalue weighted by atomic mass is 10.1. The average molecular weight is 425 g/mol. The van der Waals surface area contributed by atoms with Crippen molar-refractivity contribution in [3.63, 3.8) is 0 Å². The summed E-state index contributed by atoms with van der Waals surface area (Å²) in [6, 6.07) is 14.7. The van der Waals surface area contributed by atoms with Crippen molar-refractivity contribution >= 4 is 23.4 Å². The van der Waals surface area contributed by atoms with E-state index in [1.807, 2.05) is 31.2 Å². The van der Waals surface area contributed by atoms with Crippen LogP contribution < -0.4 is 25.2 Å². The number of nitrogens with zero attached hydrogens (tertiary/aromatic N) is 1. The third-order valence-electron chi connectivity index (χ3n) is 4.98. The van der Waals surface area contributed by atoms with Crippen LogP contribution in [0.2, 0.25) is 0 Å². The number of anilines is 1. The fraction of sp³-hybridized carbons (Fsp3) is 0.348. The summed E-state index contributed by atoms with van der Waals surface area (Å²) >= 11 is 0. The summed E-state index contributed by atoms with van der Waals surface area (Å²) in [4.78, 5) is 38.4. The Morgan fingerprint density at radius 1 is 1.03 bits per heavy atom. The molecule has 2 aromatic carbocycles. The molecule has 2 N–H and O–H groups in total. The van der Waals surface area contributed by atoms with Crippen LogP contribution in [0.15, 0.2) is 48.5 Å². The molecule has 3 amide bonds. The number of amides is 3. The first kappa shape index (κ1) is 22.1. The number of benzene rings is 2. The monoisotopic (exact) mass is 425 g/mol. The summed E-state index contributed by atoms with van der Waals surface area (Å²) in [5.41, 5.74) is 6.53. The number of hydrogen-bond acceptors (Lipinski definition) is 5. The Bertz CT molecular complexity index is 929. The van der Waals surface area contributed by atoms with Crippen molar-refractivity contribution in [2.24, 2.45) is 5.92 Å². The molecule has 0 radical (unpaired) electrons. The molecular formula is C23H27N3O5. The molecule has 164 valence electrons. The van der Waals surface area contributed by atoms with E-state index in [2.05, 4.69) is 17.8 Å². The van der Waals surface area contributed by atoms with Gasteiger partial charge in [-0.05, 0) is 43.2 Å². The molecule has 1 aliphatic rings. The summed E-state index contributed by atoms with van der Waals surface area (Å²) in [5.74, 6) is -0.496. The predicted molar refractivity (Wildman–Crippen MR) is 116 cm³/mol. The number of rotatable bonds is 8. The van der Waals surface area contributed by atoms with Crippen LogP contribution in [-0.4, -0.2) is 37.5 Å². The first-order valence-corrected chi connectivity index (χ1v) is 10.3. The van der Waals surface area contributed by atoms with Crippen molar-refractivity contribution in [1.82, 2.24) is 10.9 Å². The largest absolute Gasteiger partial charge is 0.492 e. The van der Waals surface area contributed by atoms with Gasteiger partial charge in [-0.15, -0.1) is 0 Å². The molecule has 3 rings (SSSR count). The molecule has 31 heavy (non-hydrogen) atoms. The van der Waals surface area contributed by atoms with Gasteiger partial charge in [0.2, 0.25) is 11.8 Å². The Hall–Kier alpha value is -3.55. The van der Waals surface area contributed by atoms with Crippen LogP contribution in [0.4, 0.5) is 5.69 Å². The molecule has 0 unspecified atom stereocenters. The maximum absolute atomic E-state index is 12.5. The molecule has 1 fully saturated rings. The molecule has 1 atom stereocenters. The van der Waals surface area contributed by atoms with E-state index in [-0.39, 0.29) is 25.5 Å². The lowest BCUT2D eigenvalue weighted by Gasteiger charge is -2.20. The highest BCUT2D eigenvalue weighted by atomic mass is 16.5. The lowest BCUT2D eigenvalue weighted by Crippen LogP contribution is -2.46. The second-order valence-electron chi connectivity index (χ2n) is 7.13. The standard InChI is InChI=1S/C23H27N3O5/c1-3-16-9-11-18(12-10-16)31-15-21(27)24-25-23(29)17-13-22(28)26(14-17)19-7-5-6-8-20(19)30-4-2/h5-12,17H,3-4,13-15H2,1-2H3,(H,24,27)(H,25,29)/t17-/m0/s1. The van der Waals surface area contributed by atoms with Gasteiger partial charge in [0.15, 0.2) is 6.61 Å². The fourth-order valence-electron chi connectivity index (χ4n) is 3.31. The normalized spacial score (nSPS) is 15.5. The maximum Gasteiger partial charge on any atom is 0.276 e. The molecule has 1 aliphatic heterocycles. The van der Waals surface area contributed by atoms with E-state index in [9.17, 15) is 14.4 Å². The average Bonchev–Trinajstić information content (AvgIpc) is 3.18. The van der Waals surface area contributed by atoms with Crippen LogP contribution in [0.1, 0.15) is 25.8 Å². The molecule has 0 saturated carbocycles. The van der Waals surface area contributed by atoms with E-state index in [1.54, 1.807) is 29.2 Å². The van der Waals surface area contributed by atoms with Crippen molar-refractivity contribution in [1.29, 1.82) is 0 Å². The van der Waals surface area contributed by atoms with Gasteiger partial charge < -0.3 is 14.4 Å². The van der Waals surface area contributed by atoms with Crippen molar-refractivity contribution in [3.05, 3.63) is 54.1 Å². The van der Waals surface area contributed by atoms with Gasteiger partial charge >= 0.3 is 0 Å². The first-order valence-electron chi connectivity index (χ1n) is 10.3. The van der Waals surface area contributed by atoms with Gasteiger partial charge in [0.1, 0.15) is 11.5 Å². The third kappa shape index (κ3) is 5.75. The second-order valence-corrected chi connectivity index (χ2v) is 7.13. The molecule has 0 spiro atoms. The highest BCUT2D eigenvalue weighted by Crippen LogP contribution is 2.33. The van der Waals surface area contributed by atoms with Crippen LogP contribution in [0, 0.1) is 5.92 Å². The SMILES string of the molecule is CCOc1ccccc1N1C[C@@H](C(=O)NNC(=O)COc2ccc(CC)cc2)CC1=O. The third-order valence-corrected chi connectivity index (χ3v) is 4.98. The minimum Gasteiger partial charge on any atom is -0.492 e. The van der Waals surface area contributed by atoms with E-state index >= 15 is 0 Å².